The molecule has 10 heteroatoms. The molecule has 2 heterocycles. The Labute approximate surface area is 192 Å². The van der Waals surface area contributed by atoms with Gasteiger partial charge in [0.15, 0.2) is 0 Å². The van der Waals surface area contributed by atoms with Crippen molar-refractivity contribution in [2.75, 3.05) is 11.9 Å². The van der Waals surface area contributed by atoms with E-state index in [0.717, 1.165) is 17.7 Å². The smallest absolute Gasteiger partial charge is 0.416 e. The van der Waals surface area contributed by atoms with E-state index >= 15 is 0 Å². The molecule has 0 aliphatic heterocycles. The molecule has 4 rings (SSSR count). The minimum absolute atomic E-state index is 0.0295. The maximum Gasteiger partial charge on any atom is 0.416 e. The van der Waals surface area contributed by atoms with Crippen molar-refractivity contribution in [1.82, 2.24) is 14.9 Å². The fraction of sp³-hybridized carbons (Fsp3) is 0.208. The molecule has 2 amide bonds. The van der Waals surface area contributed by atoms with Gasteiger partial charge < -0.3 is 14.3 Å². The fourth-order valence-electron chi connectivity index (χ4n) is 3.47. The first-order valence-electron chi connectivity index (χ1n) is 10.5. The van der Waals surface area contributed by atoms with Crippen LogP contribution in [0.3, 0.4) is 0 Å². The largest absolute Gasteiger partial charge is 0.467 e. The number of benzene rings is 2. The number of carbonyl (C=O) groups excluding carboxylic acids is 2. The molecule has 7 nitrogen and oxygen atoms in total. The first kappa shape index (κ1) is 23.1. The van der Waals surface area contributed by atoms with Gasteiger partial charge >= 0.3 is 6.18 Å². The van der Waals surface area contributed by atoms with Crippen molar-refractivity contribution in [1.29, 1.82) is 0 Å². The van der Waals surface area contributed by atoms with Gasteiger partial charge in [-0.15, -0.1) is 0 Å². The Morgan fingerprint density at radius 3 is 2.50 bits per heavy atom. The molecule has 0 saturated carbocycles. The molecule has 0 saturated heterocycles. The van der Waals surface area contributed by atoms with E-state index in [1.54, 1.807) is 16.7 Å². The van der Waals surface area contributed by atoms with Crippen LogP contribution in [0.5, 0.6) is 0 Å². The van der Waals surface area contributed by atoms with Gasteiger partial charge in [-0.25, -0.2) is 4.98 Å². The maximum absolute atomic E-state index is 13.1. The van der Waals surface area contributed by atoms with Gasteiger partial charge in [0.1, 0.15) is 5.76 Å². The van der Waals surface area contributed by atoms with Gasteiger partial charge in [0.2, 0.25) is 17.8 Å². The normalized spacial score (nSPS) is 11.5. The molecule has 2 N–H and O–H groups in total. The monoisotopic (exact) mass is 470 g/mol. The predicted octanol–water partition coefficient (Wildman–Crippen LogP) is 4.38. The first-order valence-corrected chi connectivity index (χ1v) is 10.5. The quantitative estimate of drug-likeness (QED) is 0.400. The zero-order valence-electron chi connectivity index (χ0n) is 17.9. The molecule has 0 bridgehead atoms. The van der Waals surface area contributed by atoms with Crippen molar-refractivity contribution < 1.29 is 27.2 Å². The molecule has 0 aliphatic carbocycles. The highest BCUT2D eigenvalue weighted by Gasteiger charge is 2.31. The Morgan fingerprint density at radius 1 is 1.00 bits per heavy atom. The molecule has 4 aromatic rings. The Morgan fingerprint density at radius 2 is 1.79 bits per heavy atom. The second-order valence-electron chi connectivity index (χ2n) is 7.61. The second-order valence-corrected chi connectivity index (χ2v) is 7.61. The number of carbonyl (C=O) groups is 2. The third kappa shape index (κ3) is 5.64. The van der Waals surface area contributed by atoms with Gasteiger partial charge in [-0.05, 0) is 35.9 Å². The molecule has 0 fully saturated rings. The van der Waals surface area contributed by atoms with Crippen molar-refractivity contribution in [3.05, 3.63) is 83.8 Å². The van der Waals surface area contributed by atoms with Crippen molar-refractivity contribution in [3.8, 4) is 0 Å². The SMILES string of the molecule is O=C(Cc1ccccc1)NCCC(=O)Nc1nc2cc(C(F)(F)F)ccc2n1Cc1ccco1. The standard InChI is InChI=1S/C24H21F3N4O3/c25-24(26,27)17-8-9-20-19(14-17)29-23(31(20)15-18-7-4-12-34-18)30-21(32)10-11-28-22(33)13-16-5-2-1-3-6-16/h1-9,12,14H,10-11,13,15H2,(H,28,33)(H,29,30,32). The highest BCUT2D eigenvalue weighted by atomic mass is 19.4. The van der Waals surface area contributed by atoms with Crippen LogP contribution >= 0.6 is 0 Å². The van der Waals surface area contributed by atoms with Crippen LogP contribution in [0, 0.1) is 0 Å². The van der Waals surface area contributed by atoms with E-state index in [-0.39, 0.29) is 43.3 Å². The molecule has 34 heavy (non-hydrogen) atoms. The minimum atomic E-state index is -4.51. The lowest BCUT2D eigenvalue weighted by Crippen LogP contribution is -2.29. The van der Waals surface area contributed by atoms with Gasteiger partial charge in [-0.2, -0.15) is 13.2 Å². The minimum Gasteiger partial charge on any atom is -0.467 e. The summed E-state index contributed by atoms with van der Waals surface area (Å²) in [5, 5.41) is 5.32. The van der Waals surface area contributed by atoms with E-state index in [4.69, 9.17) is 4.42 Å². The Hall–Kier alpha value is -4.08. The van der Waals surface area contributed by atoms with Crippen molar-refractivity contribution >= 4 is 28.8 Å². The number of anilines is 1. The van der Waals surface area contributed by atoms with Crippen LogP contribution in [0.2, 0.25) is 0 Å². The Balaban J connectivity index is 1.45. The zero-order chi connectivity index (χ0) is 24.1. The summed E-state index contributed by atoms with van der Waals surface area (Å²) in [6, 6.07) is 15.8. The van der Waals surface area contributed by atoms with Gasteiger partial charge in [-0.1, -0.05) is 30.3 Å². The number of nitrogens with one attached hydrogen (secondary N) is 2. The Bertz CT molecular complexity index is 1280. The molecular weight excluding hydrogens is 449 g/mol. The molecular formula is C24H21F3N4O3. The van der Waals surface area contributed by atoms with E-state index in [9.17, 15) is 22.8 Å². The van der Waals surface area contributed by atoms with Gasteiger partial charge in [0.25, 0.3) is 0 Å². The van der Waals surface area contributed by atoms with Gasteiger partial charge in [0, 0.05) is 13.0 Å². The lowest BCUT2D eigenvalue weighted by Gasteiger charge is -2.10. The number of halogens is 3. The third-order valence-electron chi connectivity index (χ3n) is 5.10. The molecule has 0 spiro atoms. The van der Waals surface area contributed by atoms with Crippen LogP contribution < -0.4 is 10.6 Å². The molecule has 2 aromatic carbocycles. The van der Waals surface area contributed by atoms with Crippen LogP contribution in [-0.2, 0) is 28.7 Å². The maximum atomic E-state index is 13.1. The zero-order valence-corrected chi connectivity index (χ0v) is 17.9. The van der Waals surface area contributed by atoms with E-state index in [2.05, 4.69) is 15.6 Å². The fourth-order valence-corrected chi connectivity index (χ4v) is 3.47. The van der Waals surface area contributed by atoms with Crippen molar-refractivity contribution in [2.45, 2.75) is 25.6 Å². The summed E-state index contributed by atoms with van der Waals surface area (Å²) in [5.74, 6) is -0.0231. The summed E-state index contributed by atoms with van der Waals surface area (Å²) < 4.78 is 46.3. The summed E-state index contributed by atoms with van der Waals surface area (Å²) >= 11 is 0. The van der Waals surface area contributed by atoms with Crippen LogP contribution in [0.4, 0.5) is 19.1 Å². The first-order chi connectivity index (χ1) is 16.3. The number of fused-ring (bicyclic) bond motifs is 1. The summed E-state index contributed by atoms with van der Waals surface area (Å²) in [4.78, 5) is 28.8. The number of hydrogen-bond donors (Lipinski definition) is 2. The summed E-state index contributed by atoms with van der Waals surface area (Å²) in [6.07, 6.45) is -2.87. The number of amides is 2. The number of aromatic nitrogens is 2. The highest BCUT2D eigenvalue weighted by Crippen LogP contribution is 2.32. The third-order valence-corrected chi connectivity index (χ3v) is 5.10. The van der Waals surface area contributed by atoms with E-state index in [1.165, 1.54) is 12.3 Å². The summed E-state index contributed by atoms with van der Waals surface area (Å²) in [5.41, 5.74) is 0.527. The molecule has 0 atom stereocenters. The predicted molar refractivity (Wildman–Crippen MR) is 119 cm³/mol. The van der Waals surface area contributed by atoms with Crippen LogP contribution in [0.1, 0.15) is 23.3 Å². The summed E-state index contributed by atoms with van der Waals surface area (Å²) in [7, 11) is 0. The lowest BCUT2D eigenvalue weighted by molar-refractivity contribution is -0.137. The van der Waals surface area contributed by atoms with Crippen LogP contribution in [-0.4, -0.2) is 27.9 Å². The average molecular weight is 470 g/mol. The van der Waals surface area contributed by atoms with Crippen LogP contribution in [0.15, 0.2) is 71.3 Å². The number of nitrogens with zero attached hydrogens (tertiary/aromatic N) is 2. The van der Waals surface area contributed by atoms with E-state index < -0.39 is 17.6 Å². The van der Waals surface area contributed by atoms with E-state index in [1.807, 2.05) is 30.3 Å². The number of rotatable bonds is 8. The average Bonchev–Trinajstić information content (AvgIpc) is 3.42. The van der Waals surface area contributed by atoms with Crippen molar-refractivity contribution in [3.63, 3.8) is 0 Å². The van der Waals surface area contributed by atoms with Crippen LogP contribution in [0.25, 0.3) is 11.0 Å². The molecule has 0 unspecified atom stereocenters. The number of alkyl halides is 3. The Kier molecular flexibility index (Phi) is 6.67. The highest BCUT2D eigenvalue weighted by molar-refractivity contribution is 5.92. The number of furan rings is 1. The number of imidazole rings is 1. The molecule has 2 aromatic heterocycles. The van der Waals surface area contributed by atoms with Crippen molar-refractivity contribution in [2.24, 2.45) is 0 Å². The molecule has 176 valence electrons. The van der Waals surface area contributed by atoms with Gasteiger partial charge in [-0.3, -0.25) is 14.9 Å². The summed E-state index contributed by atoms with van der Waals surface area (Å²) in [6.45, 7) is 0.270. The lowest BCUT2D eigenvalue weighted by atomic mass is 10.1. The molecule has 0 radical (unpaired) electrons. The topological polar surface area (TPSA) is 89.2 Å². The number of hydrogen-bond acceptors (Lipinski definition) is 4. The van der Waals surface area contributed by atoms with Gasteiger partial charge in [0.05, 0.1) is 35.8 Å². The van der Waals surface area contributed by atoms with E-state index in [0.29, 0.717) is 11.3 Å². The second kappa shape index (κ2) is 9.82. The molecule has 0 aliphatic rings.